The van der Waals surface area contributed by atoms with Crippen LogP contribution in [-0.2, 0) is 35.1 Å². The number of ether oxygens (including phenoxy) is 5. The van der Waals surface area contributed by atoms with Gasteiger partial charge in [-0.2, -0.15) is 0 Å². The molecule has 0 aliphatic rings. The third-order valence-electron chi connectivity index (χ3n) is 3.87. The van der Waals surface area contributed by atoms with Crippen LogP contribution >= 0.6 is 0 Å². The van der Waals surface area contributed by atoms with Crippen LogP contribution in [0.25, 0.3) is 0 Å². The highest BCUT2D eigenvalue weighted by Gasteiger charge is 2.04. The van der Waals surface area contributed by atoms with E-state index in [1.807, 2.05) is 32.0 Å². The normalized spacial score (nSPS) is 11.1. The highest BCUT2D eigenvalue weighted by molar-refractivity contribution is 5.69. The lowest BCUT2D eigenvalue weighted by molar-refractivity contribution is -0.145. The standard InChI is InChI=1S/C23H38O6/c1-21(2)19-29-23(24)11-18-27-16-7-14-25-12-6-13-26-15-8-17-28-20-22-9-4-3-5-10-22/h3-5,9-10,21H,6-8,11-20H2,1-2H3. The minimum atomic E-state index is -0.197. The van der Waals surface area contributed by atoms with Crippen molar-refractivity contribution in [2.45, 2.75) is 46.1 Å². The summed E-state index contributed by atoms with van der Waals surface area (Å²) in [6, 6.07) is 10.2. The number of hydrogen-bond acceptors (Lipinski definition) is 6. The molecule has 1 aromatic carbocycles. The maximum absolute atomic E-state index is 11.4. The average Bonchev–Trinajstić information content (AvgIpc) is 2.72. The Morgan fingerprint density at radius 2 is 1.28 bits per heavy atom. The quantitative estimate of drug-likeness (QED) is 0.254. The summed E-state index contributed by atoms with van der Waals surface area (Å²) in [6.07, 6.45) is 2.91. The summed E-state index contributed by atoms with van der Waals surface area (Å²) < 4.78 is 27.2. The van der Waals surface area contributed by atoms with Crippen LogP contribution in [0.15, 0.2) is 30.3 Å². The summed E-state index contributed by atoms with van der Waals surface area (Å²) in [4.78, 5) is 11.4. The van der Waals surface area contributed by atoms with Crippen molar-refractivity contribution in [2.75, 3.05) is 52.9 Å². The molecule has 0 unspecified atom stereocenters. The third kappa shape index (κ3) is 17.1. The van der Waals surface area contributed by atoms with Gasteiger partial charge in [0, 0.05) is 39.6 Å². The molecule has 0 heterocycles. The molecule has 0 aliphatic heterocycles. The van der Waals surface area contributed by atoms with Crippen LogP contribution in [0.1, 0.15) is 45.1 Å². The van der Waals surface area contributed by atoms with Crippen LogP contribution in [-0.4, -0.2) is 58.8 Å². The molecule has 29 heavy (non-hydrogen) atoms. The Hall–Kier alpha value is -1.47. The van der Waals surface area contributed by atoms with E-state index < -0.39 is 0 Å². The zero-order chi connectivity index (χ0) is 21.0. The lowest BCUT2D eigenvalue weighted by Crippen LogP contribution is -2.12. The average molecular weight is 411 g/mol. The third-order valence-corrected chi connectivity index (χ3v) is 3.87. The molecule has 0 aromatic heterocycles. The molecule has 1 aromatic rings. The van der Waals surface area contributed by atoms with Crippen molar-refractivity contribution >= 4 is 5.97 Å². The molecule has 166 valence electrons. The topological polar surface area (TPSA) is 63.2 Å². The number of rotatable bonds is 19. The predicted molar refractivity (Wildman–Crippen MR) is 113 cm³/mol. The SMILES string of the molecule is CC(C)COC(=O)CCOCCCOCCCOCCCOCc1ccccc1. The minimum Gasteiger partial charge on any atom is -0.465 e. The molecular weight excluding hydrogens is 372 g/mol. The van der Waals surface area contributed by atoms with Gasteiger partial charge in [0.15, 0.2) is 0 Å². The fourth-order valence-electron chi connectivity index (χ4n) is 2.35. The summed E-state index contributed by atoms with van der Waals surface area (Å²) >= 11 is 0. The maximum atomic E-state index is 11.4. The van der Waals surface area contributed by atoms with Gasteiger partial charge < -0.3 is 23.7 Å². The van der Waals surface area contributed by atoms with Gasteiger partial charge in [0.05, 0.1) is 26.2 Å². The highest BCUT2D eigenvalue weighted by Crippen LogP contribution is 2.01. The van der Waals surface area contributed by atoms with E-state index in [0.717, 1.165) is 19.3 Å². The summed E-state index contributed by atoms with van der Waals surface area (Å²) in [5, 5.41) is 0. The molecule has 0 bridgehead atoms. The van der Waals surface area contributed by atoms with E-state index >= 15 is 0 Å². The van der Waals surface area contributed by atoms with E-state index in [4.69, 9.17) is 23.7 Å². The molecule has 0 saturated carbocycles. The molecule has 1 rings (SSSR count). The van der Waals surface area contributed by atoms with Crippen LogP contribution < -0.4 is 0 Å². The van der Waals surface area contributed by atoms with Crippen LogP contribution in [0.5, 0.6) is 0 Å². The lowest BCUT2D eigenvalue weighted by atomic mass is 10.2. The summed E-state index contributed by atoms with van der Waals surface area (Å²) in [6.45, 7) is 9.61. The molecule has 6 nitrogen and oxygen atoms in total. The smallest absolute Gasteiger partial charge is 0.308 e. The van der Waals surface area contributed by atoms with Crippen molar-refractivity contribution in [3.8, 4) is 0 Å². The van der Waals surface area contributed by atoms with E-state index in [-0.39, 0.29) is 5.97 Å². The number of hydrogen-bond donors (Lipinski definition) is 0. The molecule has 0 fully saturated rings. The van der Waals surface area contributed by atoms with Crippen LogP contribution in [0, 0.1) is 5.92 Å². The van der Waals surface area contributed by atoms with E-state index in [1.165, 1.54) is 5.56 Å². The Balaban J connectivity index is 1.72. The Kier molecular flexibility index (Phi) is 16.4. The van der Waals surface area contributed by atoms with E-state index in [9.17, 15) is 4.79 Å². The van der Waals surface area contributed by atoms with Gasteiger partial charge in [-0.1, -0.05) is 44.2 Å². The molecule has 0 atom stereocenters. The van der Waals surface area contributed by atoms with Crippen molar-refractivity contribution < 1.29 is 28.5 Å². The molecule has 0 saturated heterocycles. The summed E-state index contributed by atoms with van der Waals surface area (Å²) in [5.74, 6) is 0.166. The first-order chi connectivity index (χ1) is 14.2. The van der Waals surface area contributed by atoms with Gasteiger partial charge in [-0.15, -0.1) is 0 Å². The zero-order valence-electron chi connectivity index (χ0n) is 18.1. The van der Waals surface area contributed by atoms with Gasteiger partial charge in [-0.25, -0.2) is 0 Å². The minimum absolute atomic E-state index is 0.197. The predicted octanol–water partition coefficient (Wildman–Crippen LogP) is 4.01. The van der Waals surface area contributed by atoms with E-state index in [1.54, 1.807) is 0 Å². The highest BCUT2D eigenvalue weighted by atomic mass is 16.5. The lowest BCUT2D eigenvalue weighted by Gasteiger charge is -2.08. The maximum Gasteiger partial charge on any atom is 0.308 e. The Morgan fingerprint density at radius 1 is 0.759 bits per heavy atom. The fourth-order valence-corrected chi connectivity index (χ4v) is 2.35. The van der Waals surface area contributed by atoms with Crippen LogP contribution in [0.4, 0.5) is 0 Å². The number of carbonyl (C=O) groups is 1. The Bertz CT molecular complexity index is 491. The zero-order valence-corrected chi connectivity index (χ0v) is 18.1. The second-order valence-electron chi connectivity index (χ2n) is 7.26. The Morgan fingerprint density at radius 3 is 1.83 bits per heavy atom. The molecule has 0 N–H and O–H groups in total. The number of esters is 1. The van der Waals surface area contributed by atoms with Gasteiger partial charge in [-0.05, 0) is 30.7 Å². The molecule has 0 amide bonds. The van der Waals surface area contributed by atoms with Gasteiger partial charge >= 0.3 is 5.97 Å². The van der Waals surface area contributed by atoms with Gasteiger partial charge in [-0.3, -0.25) is 4.79 Å². The number of benzene rings is 1. The van der Waals surface area contributed by atoms with Crippen molar-refractivity contribution in [1.29, 1.82) is 0 Å². The summed E-state index contributed by atoms with van der Waals surface area (Å²) in [7, 11) is 0. The molecule has 6 heteroatoms. The molecule has 0 radical (unpaired) electrons. The molecule has 0 aliphatic carbocycles. The second-order valence-corrected chi connectivity index (χ2v) is 7.26. The largest absolute Gasteiger partial charge is 0.465 e. The first-order valence-corrected chi connectivity index (χ1v) is 10.7. The molecular formula is C23H38O6. The van der Waals surface area contributed by atoms with E-state index in [2.05, 4.69) is 12.1 Å². The van der Waals surface area contributed by atoms with Crippen LogP contribution in [0.2, 0.25) is 0 Å². The Labute approximate surface area is 175 Å². The van der Waals surface area contributed by atoms with E-state index in [0.29, 0.717) is 71.8 Å². The van der Waals surface area contributed by atoms with Crippen molar-refractivity contribution in [3.63, 3.8) is 0 Å². The van der Waals surface area contributed by atoms with Crippen molar-refractivity contribution in [2.24, 2.45) is 5.92 Å². The van der Waals surface area contributed by atoms with Gasteiger partial charge in [0.25, 0.3) is 0 Å². The van der Waals surface area contributed by atoms with Crippen molar-refractivity contribution in [3.05, 3.63) is 35.9 Å². The molecule has 0 spiro atoms. The van der Waals surface area contributed by atoms with Gasteiger partial charge in [0.2, 0.25) is 0 Å². The first-order valence-electron chi connectivity index (χ1n) is 10.7. The number of carbonyl (C=O) groups excluding carboxylic acids is 1. The monoisotopic (exact) mass is 410 g/mol. The second kappa shape index (κ2) is 18.6. The van der Waals surface area contributed by atoms with Crippen molar-refractivity contribution in [1.82, 2.24) is 0 Å². The van der Waals surface area contributed by atoms with Gasteiger partial charge in [0.1, 0.15) is 0 Å². The summed E-state index contributed by atoms with van der Waals surface area (Å²) in [5.41, 5.74) is 1.19. The first kappa shape index (κ1) is 25.6. The van der Waals surface area contributed by atoms with Crippen LogP contribution in [0.3, 0.4) is 0 Å². The fraction of sp³-hybridized carbons (Fsp3) is 0.696.